The number of rotatable bonds is 1. The van der Waals surface area contributed by atoms with Crippen LogP contribution in [0.3, 0.4) is 0 Å². The Morgan fingerprint density at radius 2 is 1.60 bits per heavy atom. The molecule has 0 aromatic carbocycles. The normalized spacial score (nSPS) is 7.40. The lowest BCUT2D eigenvalue weighted by Crippen LogP contribution is -1.80. The number of halogens is 2. The minimum absolute atomic E-state index is 0. The first kappa shape index (κ1) is 16.7. The van der Waals surface area contributed by atoms with Crippen molar-refractivity contribution in [1.29, 1.82) is 0 Å². The minimum atomic E-state index is -0.222. The van der Waals surface area contributed by atoms with Gasteiger partial charge in [0.2, 0.25) is 0 Å². The quantitative estimate of drug-likeness (QED) is 0.581. The number of carbonyl (C=O) groups is 1. The van der Waals surface area contributed by atoms with Crippen molar-refractivity contribution in [3.8, 4) is 0 Å². The first-order chi connectivity index (χ1) is 4.00. The molecule has 0 atom stereocenters. The fourth-order valence-corrected chi connectivity index (χ4v) is 0. The van der Waals surface area contributed by atoms with Gasteiger partial charge in [-0.2, -0.15) is 0 Å². The van der Waals surface area contributed by atoms with Crippen LogP contribution in [0.4, 0.5) is 0 Å². The number of ketones is 1. The summed E-state index contributed by atoms with van der Waals surface area (Å²) < 4.78 is 0. The molecule has 4 heteroatoms. The van der Waals surface area contributed by atoms with Gasteiger partial charge in [0.1, 0.15) is 10.6 Å². The second-order valence-corrected chi connectivity index (χ2v) is 3.11. The molecule has 0 spiro atoms. The van der Waals surface area contributed by atoms with Crippen LogP contribution in [0.1, 0.15) is 27.2 Å². The van der Waals surface area contributed by atoms with Gasteiger partial charge >= 0.3 is 0 Å². The summed E-state index contributed by atoms with van der Waals surface area (Å²) in [6.45, 7) is 5.13. The van der Waals surface area contributed by atoms with Gasteiger partial charge in [-0.25, -0.2) is 0 Å². The molecule has 0 amide bonds. The van der Waals surface area contributed by atoms with Gasteiger partial charge in [0, 0.05) is 6.42 Å². The van der Waals surface area contributed by atoms with Crippen molar-refractivity contribution in [2.45, 2.75) is 32.0 Å². The predicted molar refractivity (Wildman–Crippen MR) is 45.8 cm³/mol. The van der Waals surface area contributed by atoms with Gasteiger partial charge in [-0.3, -0.25) is 0 Å². The molecule has 0 aromatic rings. The third-order valence-corrected chi connectivity index (χ3v) is 0.498. The van der Waals surface area contributed by atoms with Crippen LogP contribution in [0, 0.1) is 0 Å². The Morgan fingerprint density at radius 1 is 1.50 bits per heavy atom. The third-order valence-electron chi connectivity index (χ3n) is 0.498. The zero-order chi connectivity index (χ0) is 7.86. The monoisotopic (exact) mass is 188 g/mol. The van der Waals surface area contributed by atoms with Crippen molar-refractivity contribution in [2.24, 2.45) is 0 Å². The van der Waals surface area contributed by atoms with E-state index in [1.165, 1.54) is 0 Å². The van der Waals surface area contributed by atoms with Gasteiger partial charge < -0.3 is 10.3 Å². The first-order valence-electron chi connectivity index (χ1n) is 2.78. The molecule has 0 fully saturated rings. The molecule has 0 aliphatic rings. The van der Waals surface area contributed by atoms with E-state index in [1.807, 2.05) is 6.92 Å². The summed E-state index contributed by atoms with van der Waals surface area (Å²) in [5.74, 6) is 0.255. The Kier molecular flexibility index (Phi) is 19.9. The summed E-state index contributed by atoms with van der Waals surface area (Å²) >= 11 is 10.1. The molecule has 0 saturated heterocycles. The van der Waals surface area contributed by atoms with Crippen LogP contribution in [0.2, 0.25) is 0 Å². The van der Waals surface area contributed by atoms with Crippen LogP contribution in [0.25, 0.3) is 0 Å². The molecule has 0 radical (unpaired) electrons. The van der Waals surface area contributed by atoms with Crippen LogP contribution < -0.4 is 0 Å². The van der Waals surface area contributed by atoms with Crippen molar-refractivity contribution in [1.82, 2.24) is 0 Å². The second-order valence-electron chi connectivity index (χ2n) is 1.57. The van der Waals surface area contributed by atoms with Crippen LogP contribution in [0.5, 0.6) is 0 Å². The number of alkyl halides is 2. The molecule has 2 N–H and O–H groups in total. The Morgan fingerprint density at radius 3 is 1.60 bits per heavy atom. The van der Waals surface area contributed by atoms with E-state index < -0.39 is 0 Å². The second kappa shape index (κ2) is 11.9. The summed E-state index contributed by atoms with van der Waals surface area (Å²) in [6.07, 6.45) is 0.667. The van der Waals surface area contributed by atoms with E-state index in [0.29, 0.717) is 6.42 Å². The summed E-state index contributed by atoms with van der Waals surface area (Å²) in [6, 6.07) is 0. The van der Waals surface area contributed by atoms with Crippen molar-refractivity contribution >= 4 is 29.0 Å². The molecule has 0 heterocycles. The highest BCUT2D eigenvalue weighted by Gasteiger charge is 1.77. The molecular weight excluding hydrogens is 175 g/mol. The van der Waals surface area contributed by atoms with Crippen molar-refractivity contribution in [2.75, 3.05) is 0 Å². The van der Waals surface area contributed by atoms with Crippen molar-refractivity contribution in [3.05, 3.63) is 0 Å². The molecule has 0 aliphatic heterocycles. The van der Waals surface area contributed by atoms with Crippen molar-refractivity contribution in [3.63, 3.8) is 0 Å². The summed E-state index contributed by atoms with van der Waals surface area (Å²) in [7, 11) is 0. The maximum absolute atomic E-state index is 9.81. The summed E-state index contributed by atoms with van der Waals surface area (Å²) in [4.78, 5) is 9.59. The molecule has 10 heavy (non-hydrogen) atoms. The topological polar surface area (TPSA) is 48.6 Å². The summed E-state index contributed by atoms with van der Waals surface area (Å²) in [5, 5.41) is 0. The SMILES string of the molecule is CC(Cl)Cl.CCC(C)=O.O. The van der Waals surface area contributed by atoms with Gasteiger partial charge in [0.05, 0.1) is 0 Å². The van der Waals surface area contributed by atoms with Crippen LogP contribution in [0.15, 0.2) is 0 Å². The Balaban J connectivity index is -0.0000000910. The highest BCUT2D eigenvalue weighted by atomic mass is 35.5. The van der Waals surface area contributed by atoms with Crippen LogP contribution >= 0.6 is 23.2 Å². The van der Waals surface area contributed by atoms with Gasteiger partial charge in [0.15, 0.2) is 0 Å². The molecule has 0 rings (SSSR count). The number of hydrogen-bond acceptors (Lipinski definition) is 1. The first-order valence-corrected chi connectivity index (χ1v) is 3.65. The third kappa shape index (κ3) is 87.4. The van der Waals surface area contributed by atoms with Gasteiger partial charge in [-0.05, 0) is 13.8 Å². The van der Waals surface area contributed by atoms with Crippen LogP contribution in [-0.2, 0) is 4.79 Å². The smallest absolute Gasteiger partial charge is 0.129 e. The van der Waals surface area contributed by atoms with E-state index in [1.54, 1.807) is 13.8 Å². The highest BCUT2D eigenvalue weighted by Crippen LogP contribution is 1.95. The lowest BCUT2D eigenvalue weighted by atomic mass is 10.4. The Bertz CT molecular complexity index is 71.4. The Labute approximate surface area is 71.8 Å². The fraction of sp³-hybridized carbons (Fsp3) is 0.833. The van der Waals surface area contributed by atoms with E-state index in [0.717, 1.165) is 0 Å². The van der Waals surface area contributed by atoms with E-state index in [-0.39, 0.29) is 16.1 Å². The van der Waals surface area contributed by atoms with Crippen LogP contribution in [-0.4, -0.2) is 16.1 Å². The molecule has 0 bridgehead atoms. The molecule has 64 valence electrons. The maximum Gasteiger partial charge on any atom is 0.129 e. The predicted octanol–water partition coefficient (Wildman–Crippen LogP) is 1.97. The molecule has 0 unspecified atom stereocenters. The fourth-order valence-electron chi connectivity index (χ4n) is 0. The largest absolute Gasteiger partial charge is 0.412 e. The zero-order valence-electron chi connectivity index (χ0n) is 6.45. The van der Waals surface area contributed by atoms with Crippen molar-refractivity contribution < 1.29 is 10.3 Å². The van der Waals surface area contributed by atoms with E-state index in [9.17, 15) is 4.79 Å². The maximum atomic E-state index is 9.81. The highest BCUT2D eigenvalue weighted by molar-refractivity contribution is 6.43. The molecule has 0 saturated carbocycles. The minimum Gasteiger partial charge on any atom is -0.412 e. The molecule has 0 aliphatic carbocycles. The average Bonchev–Trinajstić information content (AvgIpc) is 1.65. The van der Waals surface area contributed by atoms with Gasteiger partial charge in [-0.15, -0.1) is 23.2 Å². The lowest BCUT2D eigenvalue weighted by molar-refractivity contribution is -0.116. The Hall–Kier alpha value is 0.210. The lowest BCUT2D eigenvalue weighted by Gasteiger charge is -1.72. The van der Waals surface area contributed by atoms with E-state index in [4.69, 9.17) is 23.2 Å². The average molecular weight is 189 g/mol. The zero-order valence-corrected chi connectivity index (χ0v) is 7.96. The standard InChI is InChI=1S/C4H8O.C2H4Cl2.H2O/c1-3-4(2)5;1-2(3)4;/h3H2,1-2H3;2H,1H3;1H2. The number of carbonyl (C=O) groups excluding carboxylic acids is 1. The van der Waals surface area contributed by atoms with E-state index in [2.05, 4.69) is 0 Å². The van der Waals surface area contributed by atoms with E-state index >= 15 is 0 Å². The molecule has 2 nitrogen and oxygen atoms in total. The molecule has 0 aromatic heterocycles. The number of hydrogen-bond donors (Lipinski definition) is 0. The van der Waals surface area contributed by atoms with Gasteiger partial charge in [-0.1, -0.05) is 6.92 Å². The van der Waals surface area contributed by atoms with Gasteiger partial charge in [0.25, 0.3) is 0 Å². The number of Topliss-reactive ketones (excluding diaryl/α,β-unsaturated/α-hetero) is 1. The summed E-state index contributed by atoms with van der Waals surface area (Å²) in [5.41, 5.74) is 0. The molecular formula is C6H14Cl2O2.